The van der Waals surface area contributed by atoms with Crippen LogP contribution < -0.4 is 5.32 Å². The molecule has 0 atom stereocenters. The second-order valence-electron chi connectivity index (χ2n) is 5.13. The first-order valence-electron chi connectivity index (χ1n) is 6.82. The van der Waals surface area contributed by atoms with Gasteiger partial charge in [0, 0.05) is 25.2 Å². The minimum absolute atomic E-state index is 0.193. The highest BCUT2D eigenvalue weighted by molar-refractivity contribution is 5.92. The van der Waals surface area contributed by atoms with Crippen LogP contribution in [0.2, 0.25) is 0 Å². The number of amides is 2. The van der Waals surface area contributed by atoms with E-state index in [9.17, 15) is 9.59 Å². The van der Waals surface area contributed by atoms with Gasteiger partial charge >= 0.3 is 0 Å². The molecule has 110 valence electrons. The first-order valence-corrected chi connectivity index (χ1v) is 6.82. The smallest absolute Gasteiger partial charge is 0.287 e. The van der Waals surface area contributed by atoms with E-state index in [2.05, 4.69) is 5.32 Å². The number of hydrogen-bond donors (Lipinski definition) is 2. The summed E-state index contributed by atoms with van der Waals surface area (Å²) in [6, 6.07) is 1.76. The molecular weight excluding hydrogens is 260 g/mol. The number of carbonyl (C=O) groups is 2. The molecule has 0 radical (unpaired) electrons. The molecule has 1 aliphatic rings. The molecule has 6 heteroatoms. The summed E-state index contributed by atoms with van der Waals surface area (Å²) in [4.78, 5) is 24.9. The minimum Gasteiger partial charge on any atom is -0.459 e. The van der Waals surface area contributed by atoms with E-state index in [0.29, 0.717) is 31.3 Å². The van der Waals surface area contributed by atoms with Gasteiger partial charge in [-0.2, -0.15) is 0 Å². The van der Waals surface area contributed by atoms with Crippen LogP contribution in [0.5, 0.6) is 0 Å². The maximum absolute atomic E-state index is 11.9. The zero-order valence-corrected chi connectivity index (χ0v) is 11.6. The summed E-state index contributed by atoms with van der Waals surface area (Å²) in [5, 5.41) is 11.7. The third-order valence-corrected chi connectivity index (χ3v) is 3.72. The number of nitrogens with one attached hydrogen (secondary N) is 1. The highest BCUT2D eigenvalue weighted by Gasteiger charge is 2.23. The van der Waals surface area contributed by atoms with Crippen LogP contribution in [0.1, 0.15) is 29.0 Å². The first-order chi connectivity index (χ1) is 9.61. The lowest BCUT2D eigenvalue weighted by Crippen LogP contribution is -2.42. The van der Waals surface area contributed by atoms with Crippen molar-refractivity contribution < 1.29 is 19.1 Å². The summed E-state index contributed by atoms with van der Waals surface area (Å²) < 4.78 is 5.14. The summed E-state index contributed by atoms with van der Waals surface area (Å²) in [5.74, 6) is 0.301. The van der Waals surface area contributed by atoms with Gasteiger partial charge in [0.2, 0.25) is 5.91 Å². The van der Waals surface area contributed by atoms with Crippen LogP contribution in [0.25, 0.3) is 0 Å². The standard InChI is InChI=1S/C14H20N2O4/c1-10-4-7-20-13(10)14(19)15-8-11-2-5-16(6-3-11)12(18)9-17/h4,7,11,17H,2-3,5-6,8-9H2,1H3,(H,15,19). The number of piperidine rings is 1. The molecular formula is C14H20N2O4. The van der Waals surface area contributed by atoms with Crippen molar-refractivity contribution in [2.24, 2.45) is 5.92 Å². The van der Waals surface area contributed by atoms with Crippen molar-refractivity contribution in [3.05, 3.63) is 23.7 Å². The van der Waals surface area contributed by atoms with E-state index in [1.54, 1.807) is 11.0 Å². The lowest BCUT2D eigenvalue weighted by Gasteiger charge is -2.31. The van der Waals surface area contributed by atoms with Crippen molar-refractivity contribution in [2.75, 3.05) is 26.2 Å². The van der Waals surface area contributed by atoms with Gasteiger partial charge in [0.05, 0.1) is 6.26 Å². The van der Waals surface area contributed by atoms with Gasteiger partial charge in [-0.15, -0.1) is 0 Å². The number of aliphatic hydroxyl groups is 1. The molecule has 1 fully saturated rings. The van der Waals surface area contributed by atoms with Crippen LogP contribution in [0.4, 0.5) is 0 Å². The molecule has 0 unspecified atom stereocenters. The molecule has 1 saturated heterocycles. The lowest BCUT2D eigenvalue weighted by atomic mass is 9.96. The normalized spacial score (nSPS) is 16.2. The van der Waals surface area contributed by atoms with Gasteiger partial charge in [0.1, 0.15) is 6.61 Å². The quantitative estimate of drug-likeness (QED) is 0.843. The van der Waals surface area contributed by atoms with Gasteiger partial charge < -0.3 is 19.7 Å². The van der Waals surface area contributed by atoms with Gasteiger partial charge in [-0.3, -0.25) is 9.59 Å². The second kappa shape index (κ2) is 6.56. The van der Waals surface area contributed by atoms with E-state index in [1.165, 1.54) is 6.26 Å². The Hall–Kier alpha value is -1.82. The van der Waals surface area contributed by atoms with E-state index in [-0.39, 0.29) is 11.8 Å². The molecule has 0 aliphatic carbocycles. The fraction of sp³-hybridized carbons (Fsp3) is 0.571. The Kier molecular flexibility index (Phi) is 4.79. The highest BCUT2D eigenvalue weighted by Crippen LogP contribution is 2.17. The maximum Gasteiger partial charge on any atom is 0.287 e. The Morgan fingerprint density at radius 1 is 1.45 bits per heavy atom. The summed E-state index contributed by atoms with van der Waals surface area (Å²) in [6.45, 7) is 3.26. The van der Waals surface area contributed by atoms with Crippen LogP contribution >= 0.6 is 0 Å². The summed E-state index contributed by atoms with van der Waals surface area (Å²) >= 11 is 0. The monoisotopic (exact) mass is 280 g/mol. The number of aliphatic hydroxyl groups excluding tert-OH is 1. The molecule has 1 aromatic heterocycles. The molecule has 20 heavy (non-hydrogen) atoms. The minimum atomic E-state index is -0.431. The molecule has 6 nitrogen and oxygen atoms in total. The van der Waals surface area contributed by atoms with E-state index >= 15 is 0 Å². The van der Waals surface area contributed by atoms with Crippen molar-refractivity contribution in [1.29, 1.82) is 0 Å². The van der Waals surface area contributed by atoms with E-state index in [4.69, 9.17) is 9.52 Å². The van der Waals surface area contributed by atoms with Crippen molar-refractivity contribution in [3.8, 4) is 0 Å². The van der Waals surface area contributed by atoms with Gasteiger partial charge in [0.15, 0.2) is 5.76 Å². The van der Waals surface area contributed by atoms with Gasteiger partial charge in [-0.1, -0.05) is 0 Å². The first kappa shape index (κ1) is 14.6. The average molecular weight is 280 g/mol. The second-order valence-corrected chi connectivity index (χ2v) is 5.13. The average Bonchev–Trinajstić information content (AvgIpc) is 2.90. The summed E-state index contributed by atoms with van der Waals surface area (Å²) in [7, 11) is 0. The van der Waals surface area contributed by atoms with Gasteiger partial charge in [-0.25, -0.2) is 0 Å². The van der Waals surface area contributed by atoms with Crippen LogP contribution in [0.3, 0.4) is 0 Å². The van der Waals surface area contributed by atoms with Gasteiger partial charge in [-0.05, 0) is 31.7 Å². The van der Waals surface area contributed by atoms with Crippen LogP contribution in [-0.4, -0.2) is 48.1 Å². The molecule has 0 saturated carbocycles. The number of furan rings is 1. The largest absolute Gasteiger partial charge is 0.459 e. The van der Waals surface area contributed by atoms with E-state index in [0.717, 1.165) is 18.4 Å². The number of carbonyl (C=O) groups excluding carboxylic acids is 2. The van der Waals surface area contributed by atoms with Crippen molar-refractivity contribution >= 4 is 11.8 Å². The Bertz CT molecular complexity index is 475. The third kappa shape index (κ3) is 3.39. The summed E-state index contributed by atoms with van der Waals surface area (Å²) in [5.41, 5.74) is 0.825. The SMILES string of the molecule is Cc1ccoc1C(=O)NCC1CCN(C(=O)CO)CC1. The fourth-order valence-corrected chi connectivity index (χ4v) is 2.41. The molecule has 2 heterocycles. The molecule has 0 aromatic carbocycles. The van der Waals surface area contributed by atoms with Crippen LogP contribution in [-0.2, 0) is 4.79 Å². The van der Waals surface area contributed by atoms with E-state index < -0.39 is 6.61 Å². The Morgan fingerprint density at radius 3 is 2.70 bits per heavy atom. The number of rotatable bonds is 4. The van der Waals surface area contributed by atoms with Gasteiger partial charge in [0.25, 0.3) is 5.91 Å². The molecule has 1 aliphatic heterocycles. The Labute approximate surface area is 117 Å². The molecule has 0 bridgehead atoms. The molecule has 2 amide bonds. The Morgan fingerprint density at radius 2 is 2.15 bits per heavy atom. The lowest BCUT2D eigenvalue weighted by molar-refractivity contribution is -0.135. The number of likely N-dealkylation sites (tertiary alicyclic amines) is 1. The van der Waals surface area contributed by atoms with Crippen molar-refractivity contribution in [2.45, 2.75) is 19.8 Å². The molecule has 2 N–H and O–H groups in total. The van der Waals surface area contributed by atoms with Crippen molar-refractivity contribution in [3.63, 3.8) is 0 Å². The zero-order chi connectivity index (χ0) is 14.5. The predicted molar refractivity (Wildman–Crippen MR) is 72.2 cm³/mol. The summed E-state index contributed by atoms with van der Waals surface area (Å²) in [6.07, 6.45) is 3.18. The molecule has 0 spiro atoms. The van der Waals surface area contributed by atoms with Crippen molar-refractivity contribution in [1.82, 2.24) is 10.2 Å². The molecule has 2 rings (SSSR count). The fourth-order valence-electron chi connectivity index (χ4n) is 2.41. The van der Waals surface area contributed by atoms with Crippen LogP contribution in [0, 0.1) is 12.8 Å². The number of nitrogens with zero attached hydrogens (tertiary/aromatic N) is 1. The predicted octanol–water partition coefficient (Wildman–Crippen LogP) is 0.549. The number of aryl methyl sites for hydroxylation is 1. The third-order valence-electron chi connectivity index (χ3n) is 3.72. The maximum atomic E-state index is 11.9. The number of hydrogen-bond acceptors (Lipinski definition) is 4. The Balaban J connectivity index is 1.75. The zero-order valence-electron chi connectivity index (χ0n) is 11.6. The molecule has 1 aromatic rings. The highest BCUT2D eigenvalue weighted by atomic mass is 16.3. The van der Waals surface area contributed by atoms with Crippen LogP contribution in [0.15, 0.2) is 16.7 Å². The topological polar surface area (TPSA) is 82.8 Å². The van der Waals surface area contributed by atoms with E-state index in [1.807, 2.05) is 6.92 Å².